The van der Waals surface area contributed by atoms with Crippen LogP contribution in [0.1, 0.15) is 20.7 Å². The summed E-state index contributed by atoms with van der Waals surface area (Å²) in [7, 11) is -3.22. The molecule has 22 heavy (non-hydrogen) atoms. The Bertz CT molecular complexity index is 681. The minimum atomic E-state index is -3.22. The van der Waals surface area contributed by atoms with Gasteiger partial charge in [0.25, 0.3) is 5.91 Å². The zero-order chi connectivity index (χ0) is 16.3. The first kappa shape index (κ1) is 16.4. The van der Waals surface area contributed by atoms with E-state index >= 15 is 0 Å². The summed E-state index contributed by atoms with van der Waals surface area (Å²) in [6.07, 6.45) is 1.15. The molecule has 2 rings (SSSR count). The number of carboxylic acid groups (broad SMARTS) is 1. The fraction of sp³-hybridized carbons (Fsp3) is 0.385. The van der Waals surface area contributed by atoms with E-state index in [-0.39, 0.29) is 11.1 Å². The van der Waals surface area contributed by atoms with Crippen LogP contribution in [0.4, 0.5) is 0 Å². The Morgan fingerprint density at radius 1 is 1.14 bits per heavy atom. The third-order valence-corrected chi connectivity index (χ3v) is 4.64. The Kier molecular flexibility index (Phi) is 4.79. The molecule has 1 aromatic rings. The van der Waals surface area contributed by atoms with Gasteiger partial charge in [-0.25, -0.2) is 18.2 Å². The van der Waals surface area contributed by atoms with Gasteiger partial charge in [-0.2, -0.15) is 4.31 Å². The third kappa shape index (κ3) is 4.03. The lowest BCUT2D eigenvalue weighted by molar-refractivity contribution is 0.0697. The van der Waals surface area contributed by atoms with Crippen molar-refractivity contribution in [3.8, 4) is 0 Å². The number of piperazine rings is 1. The quantitative estimate of drug-likeness (QED) is 0.780. The van der Waals surface area contributed by atoms with E-state index in [1.54, 1.807) is 5.01 Å². The first-order valence-corrected chi connectivity index (χ1v) is 8.46. The van der Waals surface area contributed by atoms with Crippen molar-refractivity contribution in [2.75, 3.05) is 32.4 Å². The number of hydrogen-bond acceptors (Lipinski definition) is 5. The molecule has 1 heterocycles. The number of nitrogens with one attached hydrogen (secondary N) is 1. The highest BCUT2D eigenvalue weighted by Crippen LogP contribution is 2.07. The molecule has 0 aromatic heterocycles. The van der Waals surface area contributed by atoms with E-state index in [0.29, 0.717) is 26.2 Å². The molecule has 2 N–H and O–H groups in total. The summed E-state index contributed by atoms with van der Waals surface area (Å²) in [5.41, 5.74) is 2.93. The molecule has 1 fully saturated rings. The van der Waals surface area contributed by atoms with E-state index in [2.05, 4.69) is 5.43 Å². The number of benzene rings is 1. The van der Waals surface area contributed by atoms with Gasteiger partial charge in [-0.15, -0.1) is 0 Å². The second kappa shape index (κ2) is 6.42. The summed E-state index contributed by atoms with van der Waals surface area (Å²) in [6.45, 7) is 1.34. The van der Waals surface area contributed by atoms with Crippen molar-refractivity contribution < 1.29 is 23.1 Å². The largest absolute Gasteiger partial charge is 0.478 e. The second-order valence-electron chi connectivity index (χ2n) is 4.98. The molecule has 1 aromatic carbocycles. The number of carbonyl (C=O) groups excluding carboxylic acids is 1. The average molecular weight is 327 g/mol. The molecule has 1 aliphatic rings. The monoisotopic (exact) mass is 327 g/mol. The normalized spacial score (nSPS) is 17.1. The van der Waals surface area contributed by atoms with Gasteiger partial charge in [-0.1, -0.05) is 6.07 Å². The zero-order valence-corrected chi connectivity index (χ0v) is 12.8. The van der Waals surface area contributed by atoms with Gasteiger partial charge in [0.1, 0.15) is 0 Å². The summed E-state index contributed by atoms with van der Waals surface area (Å²) in [4.78, 5) is 23.0. The lowest BCUT2D eigenvalue weighted by Gasteiger charge is -2.33. The van der Waals surface area contributed by atoms with Crippen molar-refractivity contribution in [3.63, 3.8) is 0 Å². The highest BCUT2D eigenvalue weighted by molar-refractivity contribution is 7.88. The molecule has 0 spiro atoms. The van der Waals surface area contributed by atoms with Crippen LogP contribution in [-0.2, 0) is 10.0 Å². The summed E-state index contributed by atoms with van der Waals surface area (Å²) in [5.74, 6) is -1.52. The number of hydrogen-bond donors (Lipinski definition) is 2. The highest BCUT2D eigenvalue weighted by Gasteiger charge is 2.24. The molecule has 120 valence electrons. The van der Waals surface area contributed by atoms with Crippen LogP contribution in [0.5, 0.6) is 0 Å². The van der Waals surface area contributed by atoms with Crippen molar-refractivity contribution >= 4 is 21.9 Å². The van der Waals surface area contributed by atoms with Gasteiger partial charge in [0.05, 0.1) is 11.8 Å². The van der Waals surface area contributed by atoms with Crippen LogP contribution in [0.15, 0.2) is 24.3 Å². The molecule has 8 nitrogen and oxygen atoms in total. The van der Waals surface area contributed by atoms with E-state index in [0.717, 1.165) is 6.26 Å². The second-order valence-corrected chi connectivity index (χ2v) is 6.96. The number of aromatic carboxylic acids is 1. The van der Waals surface area contributed by atoms with Gasteiger partial charge < -0.3 is 5.11 Å². The third-order valence-electron chi connectivity index (χ3n) is 3.34. The number of carbonyl (C=O) groups is 2. The van der Waals surface area contributed by atoms with Crippen LogP contribution < -0.4 is 5.43 Å². The van der Waals surface area contributed by atoms with Crippen molar-refractivity contribution in [3.05, 3.63) is 35.4 Å². The molecule has 0 unspecified atom stereocenters. The average Bonchev–Trinajstić information content (AvgIpc) is 2.47. The summed E-state index contributed by atoms with van der Waals surface area (Å²) < 4.78 is 24.2. The number of amides is 1. The molecular weight excluding hydrogens is 310 g/mol. The maximum atomic E-state index is 12.1. The molecule has 1 aliphatic heterocycles. The predicted octanol–water partition coefficient (Wildman–Crippen LogP) is -0.393. The Labute approximate surface area is 128 Å². The molecule has 0 atom stereocenters. The predicted molar refractivity (Wildman–Crippen MR) is 78.9 cm³/mol. The molecular formula is C13H17N3O5S. The van der Waals surface area contributed by atoms with Crippen molar-refractivity contribution in [2.45, 2.75) is 0 Å². The van der Waals surface area contributed by atoms with Gasteiger partial charge in [0.15, 0.2) is 0 Å². The van der Waals surface area contributed by atoms with Crippen LogP contribution in [0.3, 0.4) is 0 Å². The first-order valence-electron chi connectivity index (χ1n) is 6.62. The van der Waals surface area contributed by atoms with E-state index in [1.807, 2.05) is 0 Å². The molecule has 9 heteroatoms. The molecule has 0 radical (unpaired) electrons. The first-order chi connectivity index (χ1) is 10.3. The Morgan fingerprint density at radius 2 is 1.73 bits per heavy atom. The maximum Gasteiger partial charge on any atom is 0.335 e. The lowest BCUT2D eigenvalue weighted by atomic mass is 10.1. The van der Waals surface area contributed by atoms with Gasteiger partial charge in [-0.05, 0) is 18.2 Å². The summed E-state index contributed by atoms with van der Waals surface area (Å²) in [5, 5.41) is 10.5. The van der Waals surface area contributed by atoms with E-state index in [1.165, 1.54) is 28.6 Å². The Morgan fingerprint density at radius 3 is 2.27 bits per heavy atom. The fourth-order valence-corrected chi connectivity index (χ4v) is 2.96. The Hall–Kier alpha value is -1.97. The van der Waals surface area contributed by atoms with E-state index in [4.69, 9.17) is 5.11 Å². The number of sulfonamides is 1. The zero-order valence-electron chi connectivity index (χ0n) is 12.0. The van der Waals surface area contributed by atoms with Crippen LogP contribution in [0.2, 0.25) is 0 Å². The lowest BCUT2D eigenvalue weighted by Crippen LogP contribution is -2.54. The molecule has 0 saturated carbocycles. The molecule has 1 saturated heterocycles. The standard InChI is InChI=1S/C13H17N3O5S/c1-22(20,21)16-7-5-15(6-8-16)14-12(17)10-3-2-4-11(9-10)13(18)19/h2-4,9H,5-8H2,1H3,(H,14,17)(H,18,19). The summed E-state index contributed by atoms with van der Waals surface area (Å²) in [6, 6.07) is 5.73. The van der Waals surface area contributed by atoms with Crippen molar-refractivity contribution in [2.24, 2.45) is 0 Å². The van der Waals surface area contributed by atoms with Gasteiger partial charge in [0.2, 0.25) is 10.0 Å². The summed E-state index contributed by atoms with van der Waals surface area (Å²) >= 11 is 0. The van der Waals surface area contributed by atoms with Crippen LogP contribution >= 0.6 is 0 Å². The fourth-order valence-electron chi connectivity index (χ4n) is 2.13. The topological polar surface area (TPSA) is 107 Å². The van der Waals surface area contributed by atoms with Crippen LogP contribution in [-0.4, -0.2) is 67.1 Å². The van der Waals surface area contributed by atoms with Crippen molar-refractivity contribution in [1.82, 2.24) is 14.7 Å². The van der Waals surface area contributed by atoms with Crippen LogP contribution in [0.25, 0.3) is 0 Å². The van der Waals surface area contributed by atoms with E-state index < -0.39 is 21.9 Å². The minimum absolute atomic E-state index is 0.0366. The van der Waals surface area contributed by atoms with E-state index in [9.17, 15) is 18.0 Å². The SMILES string of the molecule is CS(=O)(=O)N1CCN(NC(=O)c2cccc(C(=O)O)c2)CC1. The van der Waals surface area contributed by atoms with Gasteiger partial charge >= 0.3 is 5.97 Å². The number of carboxylic acids is 1. The molecule has 1 amide bonds. The smallest absolute Gasteiger partial charge is 0.335 e. The van der Waals surface area contributed by atoms with Crippen LogP contribution in [0, 0.1) is 0 Å². The number of hydrazine groups is 1. The maximum absolute atomic E-state index is 12.1. The minimum Gasteiger partial charge on any atom is -0.478 e. The van der Waals surface area contributed by atoms with Gasteiger partial charge in [-0.3, -0.25) is 10.2 Å². The Balaban J connectivity index is 1.96. The molecule has 0 bridgehead atoms. The number of nitrogens with zero attached hydrogens (tertiary/aromatic N) is 2. The van der Waals surface area contributed by atoms with Crippen molar-refractivity contribution in [1.29, 1.82) is 0 Å². The van der Waals surface area contributed by atoms with Gasteiger partial charge in [0, 0.05) is 31.7 Å². The number of rotatable bonds is 4. The highest BCUT2D eigenvalue weighted by atomic mass is 32.2. The molecule has 0 aliphatic carbocycles.